The summed E-state index contributed by atoms with van der Waals surface area (Å²) < 4.78 is 15.6. The lowest BCUT2D eigenvalue weighted by Gasteiger charge is -2.11. The summed E-state index contributed by atoms with van der Waals surface area (Å²) in [5.74, 6) is 0.171. The van der Waals surface area contributed by atoms with E-state index in [0.717, 1.165) is 32.3 Å². The highest BCUT2D eigenvalue weighted by molar-refractivity contribution is 5.70. The molecule has 0 amide bonds. The number of carbonyl (C=O) groups excluding carboxylic acids is 2. The van der Waals surface area contributed by atoms with Gasteiger partial charge in [-0.2, -0.15) is 0 Å². The zero-order chi connectivity index (χ0) is 23.7. The predicted octanol–water partition coefficient (Wildman–Crippen LogP) is 7.40. The largest absolute Gasteiger partial charge is 0.466 e. The lowest BCUT2D eigenvalue weighted by molar-refractivity contribution is -0.146. The van der Waals surface area contributed by atoms with Crippen LogP contribution >= 0.6 is 0 Å². The molecular weight excluding hydrogens is 404 g/mol. The molecule has 0 aliphatic heterocycles. The van der Waals surface area contributed by atoms with Crippen molar-refractivity contribution in [3.63, 3.8) is 0 Å². The molecule has 1 atom stereocenters. The first-order valence-electron chi connectivity index (χ1n) is 13.4. The number of ether oxygens (including phenoxy) is 3. The van der Waals surface area contributed by atoms with E-state index < -0.39 is 0 Å². The Labute approximate surface area is 198 Å². The third kappa shape index (κ3) is 23.6. The normalized spacial score (nSPS) is 12.0. The Kier molecular flexibility index (Phi) is 23.7. The molecule has 0 radical (unpaired) electrons. The second kappa shape index (κ2) is 24.5. The van der Waals surface area contributed by atoms with E-state index in [1.54, 1.807) is 7.11 Å². The molecule has 0 aromatic heterocycles. The van der Waals surface area contributed by atoms with Gasteiger partial charge in [0.05, 0.1) is 13.2 Å². The molecular formula is C27H52O5. The fraction of sp³-hybridized carbons (Fsp3) is 0.926. The summed E-state index contributed by atoms with van der Waals surface area (Å²) in [4.78, 5) is 23.5. The van der Waals surface area contributed by atoms with Gasteiger partial charge in [-0.1, -0.05) is 84.5 Å². The molecule has 190 valence electrons. The van der Waals surface area contributed by atoms with E-state index in [0.29, 0.717) is 44.8 Å². The SMILES string of the molecule is CCCCCCCCCCCCCCOC(=O)CCCCC(=O)OCCC(C)CCOC. The number of esters is 2. The van der Waals surface area contributed by atoms with E-state index in [9.17, 15) is 9.59 Å². The lowest BCUT2D eigenvalue weighted by Crippen LogP contribution is -2.10. The van der Waals surface area contributed by atoms with Crippen molar-refractivity contribution < 1.29 is 23.8 Å². The molecule has 5 heteroatoms. The zero-order valence-electron chi connectivity index (χ0n) is 21.5. The number of hydrogen-bond acceptors (Lipinski definition) is 5. The minimum atomic E-state index is -0.172. The van der Waals surface area contributed by atoms with Crippen molar-refractivity contribution in [1.82, 2.24) is 0 Å². The maximum Gasteiger partial charge on any atom is 0.305 e. The van der Waals surface area contributed by atoms with Crippen LogP contribution in [0.4, 0.5) is 0 Å². The minimum absolute atomic E-state index is 0.145. The lowest BCUT2D eigenvalue weighted by atomic mass is 10.1. The van der Waals surface area contributed by atoms with Crippen LogP contribution in [0.15, 0.2) is 0 Å². The van der Waals surface area contributed by atoms with Crippen molar-refractivity contribution in [3.8, 4) is 0 Å². The van der Waals surface area contributed by atoms with Crippen molar-refractivity contribution in [2.45, 2.75) is 129 Å². The fourth-order valence-corrected chi connectivity index (χ4v) is 3.65. The van der Waals surface area contributed by atoms with Gasteiger partial charge in [0, 0.05) is 26.6 Å². The number of methoxy groups -OCH3 is 1. The smallest absolute Gasteiger partial charge is 0.305 e. The summed E-state index contributed by atoms with van der Waals surface area (Å²) in [6.07, 6.45) is 19.6. The van der Waals surface area contributed by atoms with Gasteiger partial charge >= 0.3 is 11.9 Å². The van der Waals surface area contributed by atoms with Crippen LogP contribution in [0, 0.1) is 5.92 Å². The van der Waals surface area contributed by atoms with E-state index in [1.807, 2.05) is 0 Å². The Morgan fingerprint density at radius 1 is 0.594 bits per heavy atom. The molecule has 5 nitrogen and oxygen atoms in total. The number of hydrogen-bond donors (Lipinski definition) is 0. The van der Waals surface area contributed by atoms with Crippen LogP contribution < -0.4 is 0 Å². The topological polar surface area (TPSA) is 61.8 Å². The van der Waals surface area contributed by atoms with Gasteiger partial charge in [-0.15, -0.1) is 0 Å². The fourth-order valence-electron chi connectivity index (χ4n) is 3.65. The van der Waals surface area contributed by atoms with Crippen molar-refractivity contribution in [3.05, 3.63) is 0 Å². The Morgan fingerprint density at radius 2 is 1.03 bits per heavy atom. The molecule has 0 heterocycles. The van der Waals surface area contributed by atoms with E-state index in [-0.39, 0.29) is 11.9 Å². The van der Waals surface area contributed by atoms with Crippen molar-refractivity contribution in [2.75, 3.05) is 26.9 Å². The van der Waals surface area contributed by atoms with Gasteiger partial charge in [0.1, 0.15) is 0 Å². The van der Waals surface area contributed by atoms with Crippen LogP contribution in [0.5, 0.6) is 0 Å². The van der Waals surface area contributed by atoms with Crippen LogP contribution in [-0.4, -0.2) is 38.9 Å². The second-order valence-corrected chi connectivity index (χ2v) is 9.21. The summed E-state index contributed by atoms with van der Waals surface area (Å²) in [6.45, 7) is 6.13. The quantitative estimate of drug-likeness (QED) is 0.112. The minimum Gasteiger partial charge on any atom is -0.466 e. The summed E-state index contributed by atoms with van der Waals surface area (Å²) in [7, 11) is 1.70. The third-order valence-electron chi connectivity index (χ3n) is 5.96. The van der Waals surface area contributed by atoms with Crippen molar-refractivity contribution in [2.24, 2.45) is 5.92 Å². The summed E-state index contributed by atoms with van der Waals surface area (Å²) in [5, 5.41) is 0. The Balaban J connectivity index is 3.33. The molecule has 0 aliphatic rings. The van der Waals surface area contributed by atoms with Crippen LogP contribution in [0.3, 0.4) is 0 Å². The molecule has 0 aromatic carbocycles. The number of unbranched alkanes of at least 4 members (excludes halogenated alkanes) is 12. The van der Waals surface area contributed by atoms with Crippen LogP contribution in [0.25, 0.3) is 0 Å². The maximum atomic E-state index is 11.8. The molecule has 0 aliphatic carbocycles. The first-order valence-corrected chi connectivity index (χ1v) is 13.4. The molecule has 0 spiro atoms. The molecule has 0 fully saturated rings. The zero-order valence-corrected chi connectivity index (χ0v) is 21.5. The van der Waals surface area contributed by atoms with E-state index in [4.69, 9.17) is 14.2 Å². The van der Waals surface area contributed by atoms with Crippen molar-refractivity contribution >= 4 is 11.9 Å². The maximum absolute atomic E-state index is 11.8. The number of carbonyl (C=O) groups is 2. The molecule has 0 bridgehead atoms. The van der Waals surface area contributed by atoms with Crippen LogP contribution in [0.2, 0.25) is 0 Å². The van der Waals surface area contributed by atoms with Crippen molar-refractivity contribution in [1.29, 1.82) is 0 Å². The first-order chi connectivity index (χ1) is 15.6. The molecule has 0 N–H and O–H groups in total. The van der Waals surface area contributed by atoms with Crippen LogP contribution in [-0.2, 0) is 23.8 Å². The second-order valence-electron chi connectivity index (χ2n) is 9.21. The average molecular weight is 457 g/mol. The molecule has 0 saturated heterocycles. The molecule has 0 aromatic rings. The highest BCUT2D eigenvalue weighted by atomic mass is 16.5. The highest BCUT2D eigenvalue weighted by Gasteiger charge is 2.08. The highest BCUT2D eigenvalue weighted by Crippen LogP contribution is 2.12. The standard InChI is InChI=1S/C27H52O5/c1-4-5-6-7-8-9-10-11-12-13-14-17-22-31-26(28)18-15-16-19-27(29)32-24-21-25(2)20-23-30-3/h25H,4-24H2,1-3H3. The van der Waals surface area contributed by atoms with Gasteiger partial charge in [0.15, 0.2) is 0 Å². The van der Waals surface area contributed by atoms with Gasteiger partial charge in [0.25, 0.3) is 0 Å². The van der Waals surface area contributed by atoms with E-state index >= 15 is 0 Å². The molecule has 32 heavy (non-hydrogen) atoms. The summed E-state index contributed by atoms with van der Waals surface area (Å²) in [6, 6.07) is 0. The van der Waals surface area contributed by atoms with E-state index in [2.05, 4.69) is 13.8 Å². The van der Waals surface area contributed by atoms with Crippen LogP contribution in [0.1, 0.15) is 129 Å². The van der Waals surface area contributed by atoms with Gasteiger partial charge in [-0.25, -0.2) is 0 Å². The van der Waals surface area contributed by atoms with Gasteiger partial charge in [0.2, 0.25) is 0 Å². The Bertz CT molecular complexity index is 424. The van der Waals surface area contributed by atoms with Gasteiger partial charge in [-0.05, 0) is 38.0 Å². The Morgan fingerprint density at radius 3 is 1.53 bits per heavy atom. The molecule has 1 unspecified atom stereocenters. The number of rotatable bonds is 24. The molecule has 0 rings (SSSR count). The Hall–Kier alpha value is -1.10. The van der Waals surface area contributed by atoms with E-state index in [1.165, 1.54) is 64.2 Å². The van der Waals surface area contributed by atoms with Gasteiger partial charge < -0.3 is 14.2 Å². The predicted molar refractivity (Wildman–Crippen MR) is 132 cm³/mol. The van der Waals surface area contributed by atoms with Gasteiger partial charge in [-0.3, -0.25) is 9.59 Å². The summed E-state index contributed by atoms with van der Waals surface area (Å²) in [5.41, 5.74) is 0. The monoisotopic (exact) mass is 456 g/mol. The third-order valence-corrected chi connectivity index (χ3v) is 5.96. The average Bonchev–Trinajstić information content (AvgIpc) is 2.78. The first kappa shape index (κ1) is 30.9. The summed E-state index contributed by atoms with van der Waals surface area (Å²) >= 11 is 0. The molecule has 0 saturated carbocycles.